The Morgan fingerprint density at radius 2 is 1.42 bits per heavy atom. The van der Waals surface area contributed by atoms with E-state index in [4.69, 9.17) is 5.73 Å². The molecular weight excluding hydrogens is 350 g/mol. The van der Waals surface area contributed by atoms with Crippen LogP contribution in [-0.2, 0) is 26.2 Å². The number of nitrogen functional groups attached to an aromatic ring is 1. The zero-order valence-corrected chi connectivity index (χ0v) is 14.8. The van der Waals surface area contributed by atoms with Gasteiger partial charge in [0.05, 0.1) is 23.0 Å². The molecule has 3 aliphatic rings. The molecule has 24 heavy (non-hydrogen) atoms. The number of fused-ring (bicyclic) bond motifs is 2. The van der Waals surface area contributed by atoms with E-state index in [0.717, 1.165) is 5.56 Å². The maximum atomic E-state index is 12.1. The van der Waals surface area contributed by atoms with Gasteiger partial charge in [-0.1, -0.05) is 12.1 Å². The quantitative estimate of drug-likeness (QED) is 0.642. The van der Waals surface area contributed by atoms with Crippen molar-refractivity contribution >= 4 is 25.4 Å². The largest absolute Gasteiger partial charge is 0.399 e. The average molecular weight is 371 g/mol. The topological polar surface area (TPSA) is 110 Å². The molecule has 0 saturated carbocycles. The molecular formula is C15H21N3O4S2. The van der Waals surface area contributed by atoms with Crippen molar-refractivity contribution in [2.45, 2.75) is 30.7 Å². The number of nitrogens with two attached hydrogens (primary N) is 1. The molecule has 3 fully saturated rings. The van der Waals surface area contributed by atoms with Crippen LogP contribution in [0.2, 0.25) is 0 Å². The van der Waals surface area contributed by atoms with E-state index in [1.165, 1.54) is 0 Å². The molecule has 9 heteroatoms. The third kappa shape index (κ3) is 2.94. The van der Waals surface area contributed by atoms with Crippen LogP contribution in [0.15, 0.2) is 24.3 Å². The standard InChI is InChI=1S/C15H21N3O4S2/c16-11-3-1-10(2-4-11)5-18-14-8-23(19,20)6-12(14)17-13-7-24(21,22)9-15(13)18/h1-4,12-15,17H,5-9,16H2/t12-,13+,14-,15-/m1/s1. The lowest BCUT2D eigenvalue weighted by Crippen LogP contribution is -2.66. The number of rotatable bonds is 2. The summed E-state index contributed by atoms with van der Waals surface area (Å²) in [6, 6.07) is 6.69. The molecule has 1 aromatic rings. The number of benzene rings is 1. The normalized spacial score (nSPS) is 37.0. The molecule has 7 nitrogen and oxygen atoms in total. The Morgan fingerprint density at radius 1 is 0.917 bits per heavy atom. The zero-order chi connectivity index (χ0) is 17.1. The van der Waals surface area contributed by atoms with E-state index in [0.29, 0.717) is 12.2 Å². The highest BCUT2D eigenvalue weighted by Gasteiger charge is 2.53. The lowest BCUT2D eigenvalue weighted by atomic mass is 9.96. The summed E-state index contributed by atoms with van der Waals surface area (Å²) < 4.78 is 48.3. The van der Waals surface area contributed by atoms with Gasteiger partial charge in [-0.15, -0.1) is 0 Å². The van der Waals surface area contributed by atoms with Crippen LogP contribution >= 0.6 is 0 Å². The van der Waals surface area contributed by atoms with Crippen LogP contribution in [0.4, 0.5) is 5.69 Å². The van der Waals surface area contributed by atoms with Gasteiger partial charge in [0.1, 0.15) is 0 Å². The van der Waals surface area contributed by atoms with Gasteiger partial charge in [0.2, 0.25) is 0 Å². The van der Waals surface area contributed by atoms with Crippen molar-refractivity contribution < 1.29 is 16.8 Å². The van der Waals surface area contributed by atoms with Gasteiger partial charge in [-0.2, -0.15) is 0 Å². The highest BCUT2D eigenvalue weighted by molar-refractivity contribution is 7.92. The number of nitrogens with one attached hydrogen (secondary N) is 1. The molecule has 1 aromatic carbocycles. The Bertz CT molecular complexity index is 803. The van der Waals surface area contributed by atoms with E-state index in [-0.39, 0.29) is 47.2 Å². The van der Waals surface area contributed by atoms with Crippen LogP contribution in [0, 0.1) is 0 Å². The van der Waals surface area contributed by atoms with E-state index in [1.807, 2.05) is 24.3 Å². The molecule has 0 radical (unpaired) electrons. The van der Waals surface area contributed by atoms with Crippen LogP contribution in [0.3, 0.4) is 0 Å². The fourth-order valence-electron chi connectivity index (χ4n) is 4.22. The molecule has 3 aliphatic heterocycles. The number of anilines is 1. The molecule has 0 amide bonds. The van der Waals surface area contributed by atoms with Gasteiger partial charge in [0.15, 0.2) is 19.7 Å². The SMILES string of the molecule is Nc1ccc(CN2[C@@H]3CS(=O)(=O)C[C@@H]3N[C@@H]3CS(=O)(=O)C[C@H]32)cc1. The summed E-state index contributed by atoms with van der Waals surface area (Å²) in [4.78, 5) is 2.09. The lowest BCUT2D eigenvalue weighted by Gasteiger charge is -2.45. The van der Waals surface area contributed by atoms with Crippen LogP contribution in [0.1, 0.15) is 5.56 Å². The second-order valence-corrected chi connectivity index (χ2v) is 11.4. The van der Waals surface area contributed by atoms with Crippen molar-refractivity contribution in [1.29, 1.82) is 0 Å². The lowest BCUT2D eigenvalue weighted by molar-refractivity contribution is 0.0678. The highest BCUT2D eigenvalue weighted by Crippen LogP contribution is 2.32. The third-order valence-electron chi connectivity index (χ3n) is 5.27. The monoisotopic (exact) mass is 371 g/mol. The van der Waals surface area contributed by atoms with Crippen molar-refractivity contribution in [2.75, 3.05) is 28.7 Å². The smallest absolute Gasteiger partial charge is 0.153 e. The Morgan fingerprint density at radius 3 is 1.92 bits per heavy atom. The van der Waals surface area contributed by atoms with Crippen LogP contribution < -0.4 is 11.1 Å². The van der Waals surface area contributed by atoms with Crippen LogP contribution in [0.25, 0.3) is 0 Å². The molecule has 132 valence electrons. The van der Waals surface area contributed by atoms with E-state index in [9.17, 15) is 16.8 Å². The van der Waals surface area contributed by atoms with Gasteiger partial charge in [0, 0.05) is 36.4 Å². The maximum absolute atomic E-state index is 12.1. The van der Waals surface area contributed by atoms with E-state index >= 15 is 0 Å². The number of nitrogens with zero attached hydrogens (tertiary/aromatic N) is 1. The van der Waals surface area contributed by atoms with E-state index < -0.39 is 19.7 Å². The van der Waals surface area contributed by atoms with Gasteiger partial charge < -0.3 is 11.1 Å². The number of piperazine rings is 1. The molecule has 4 atom stereocenters. The van der Waals surface area contributed by atoms with E-state index in [2.05, 4.69) is 10.2 Å². The summed E-state index contributed by atoms with van der Waals surface area (Å²) in [5.41, 5.74) is 7.40. The summed E-state index contributed by atoms with van der Waals surface area (Å²) in [6.07, 6.45) is 0. The van der Waals surface area contributed by atoms with Gasteiger partial charge >= 0.3 is 0 Å². The van der Waals surface area contributed by atoms with Gasteiger partial charge in [-0.05, 0) is 17.7 Å². The first-order valence-corrected chi connectivity index (χ1v) is 11.6. The van der Waals surface area contributed by atoms with Crippen LogP contribution in [-0.4, -0.2) is 68.9 Å². The summed E-state index contributed by atoms with van der Waals surface area (Å²) >= 11 is 0. The molecule has 0 unspecified atom stereocenters. The summed E-state index contributed by atoms with van der Waals surface area (Å²) in [5.74, 6) is 0.337. The third-order valence-corrected chi connectivity index (χ3v) is 8.70. The minimum Gasteiger partial charge on any atom is -0.399 e. The van der Waals surface area contributed by atoms with E-state index in [1.54, 1.807) is 0 Å². The molecule has 0 aliphatic carbocycles. The first-order chi connectivity index (χ1) is 11.2. The predicted octanol–water partition coefficient (Wildman–Crippen LogP) is -0.995. The Balaban J connectivity index is 1.67. The second kappa shape index (κ2) is 5.42. The molecule has 4 rings (SSSR count). The first-order valence-electron chi connectivity index (χ1n) is 7.99. The Hall–Kier alpha value is -1.16. The molecule has 0 aromatic heterocycles. The van der Waals surface area contributed by atoms with Crippen molar-refractivity contribution in [3.05, 3.63) is 29.8 Å². The fraction of sp³-hybridized carbons (Fsp3) is 0.600. The Labute approximate surface area is 142 Å². The number of hydrogen-bond acceptors (Lipinski definition) is 7. The summed E-state index contributed by atoms with van der Waals surface area (Å²) in [5, 5.41) is 3.29. The maximum Gasteiger partial charge on any atom is 0.153 e. The molecule has 0 spiro atoms. The van der Waals surface area contributed by atoms with Gasteiger partial charge in [-0.3, -0.25) is 4.90 Å². The van der Waals surface area contributed by atoms with Crippen LogP contribution in [0.5, 0.6) is 0 Å². The van der Waals surface area contributed by atoms with Crippen molar-refractivity contribution in [2.24, 2.45) is 0 Å². The first kappa shape index (κ1) is 16.3. The second-order valence-electron chi connectivity index (χ2n) is 7.08. The zero-order valence-electron chi connectivity index (χ0n) is 13.1. The molecule has 3 saturated heterocycles. The van der Waals surface area contributed by atoms with Gasteiger partial charge in [-0.25, -0.2) is 16.8 Å². The number of sulfone groups is 2. The number of hydrogen-bond donors (Lipinski definition) is 2. The molecule has 3 heterocycles. The van der Waals surface area contributed by atoms with Crippen molar-refractivity contribution in [1.82, 2.24) is 10.2 Å². The highest BCUT2D eigenvalue weighted by atomic mass is 32.2. The fourth-order valence-corrected chi connectivity index (χ4v) is 8.11. The van der Waals surface area contributed by atoms with Crippen molar-refractivity contribution in [3.8, 4) is 0 Å². The minimum atomic E-state index is -3.09. The summed E-state index contributed by atoms with van der Waals surface area (Å²) in [6.45, 7) is 0.537. The molecule has 0 bridgehead atoms. The molecule has 3 N–H and O–H groups in total. The van der Waals surface area contributed by atoms with Gasteiger partial charge in [0.25, 0.3) is 0 Å². The summed E-state index contributed by atoms with van der Waals surface area (Å²) in [7, 11) is -6.19. The minimum absolute atomic E-state index is 0.0825. The Kier molecular flexibility index (Phi) is 3.68. The predicted molar refractivity (Wildman–Crippen MR) is 92.0 cm³/mol. The average Bonchev–Trinajstić information content (AvgIpc) is 2.94. The van der Waals surface area contributed by atoms with Crippen molar-refractivity contribution in [3.63, 3.8) is 0 Å².